The third kappa shape index (κ3) is 6.64. The van der Waals surface area contributed by atoms with Gasteiger partial charge in [0.15, 0.2) is 0 Å². The number of alkyl carbamates (subject to hydrolysis) is 1. The molecule has 2 aliphatic rings. The Bertz CT molecular complexity index is 960. The third-order valence-corrected chi connectivity index (χ3v) is 6.02. The van der Waals surface area contributed by atoms with Crippen LogP contribution in [-0.2, 0) is 17.5 Å². The summed E-state index contributed by atoms with van der Waals surface area (Å²) in [5.41, 5.74) is -0.0686. The van der Waals surface area contributed by atoms with E-state index >= 15 is 0 Å². The number of nitrogens with zero attached hydrogens (tertiary/aromatic N) is 1. The van der Waals surface area contributed by atoms with E-state index in [-0.39, 0.29) is 24.0 Å². The lowest BCUT2D eigenvalue weighted by Gasteiger charge is -2.29. The van der Waals surface area contributed by atoms with Crippen molar-refractivity contribution in [3.63, 3.8) is 0 Å². The first-order valence-corrected chi connectivity index (χ1v) is 11.5. The van der Waals surface area contributed by atoms with Gasteiger partial charge in [-0.25, -0.2) is 4.79 Å². The highest BCUT2D eigenvalue weighted by Crippen LogP contribution is 2.40. The summed E-state index contributed by atoms with van der Waals surface area (Å²) in [7, 11) is 0. The zero-order chi connectivity index (χ0) is 24.1. The largest absolute Gasteiger partial charge is 0.490 e. The molecule has 9 heteroatoms. The van der Waals surface area contributed by atoms with Crippen molar-refractivity contribution in [1.82, 2.24) is 10.2 Å². The minimum absolute atomic E-state index is 0.0463. The van der Waals surface area contributed by atoms with Crippen molar-refractivity contribution in [2.75, 3.05) is 19.6 Å². The monoisotopic (exact) mass is 478 g/mol. The predicted octanol–water partition coefficient (Wildman–Crippen LogP) is 4.67. The van der Waals surface area contributed by atoms with Crippen LogP contribution in [0, 0.1) is 0 Å². The molecule has 6 nitrogen and oxygen atoms in total. The molecule has 0 aromatic heterocycles. The van der Waals surface area contributed by atoms with Crippen LogP contribution < -0.4 is 10.1 Å². The van der Waals surface area contributed by atoms with Crippen molar-refractivity contribution in [1.29, 1.82) is 0 Å². The Morgan fingerprint density at radius 3 is 2.47 bits per heavy atom. The summed E-state index contributed by atoms with van der Waals surface area (Å²) in [5.74, 6) is -0.239. The second kappa shape index (κ2) is 10.7. The topological polar surface area (TPSA) is 71.0 Å². The lowest BCUT2D eigenvalue weighted by Crippen LogP contribution is -2.46. The molecule has 2 N–H and O–H groups in total. The van der Waals surface area contributed by atoms with Crippen molar-refractivity contribution in [3.05, 3.63) is 65.2 Å². The molecule has 1 unspecified atom stereocenters. The first kappa shape index (κ1) is 24.3. The number of rotatable bonds is 9. The summed E-state index contributed by atoms with van der Waals surface area (Å²) in [6, 6.07) is 11.9. The maximum atomic E-state index is 13.7. The Morgan fingerprint density at radius 1 is 1.12 bits per heavy atom. The second-order valence-electron chi connectivity index (χ2n) is 8.84. The fourth-order valence-electron chi connectivity index (χ4n) is 4.04. The molecule has 1 saturated heterocycles. The summed E-state index contributed by atoms with van der Waals surface area (Å²) in [6.45, 7) is 1.94. The van der Waals surface area contributed by atoms with E-state index in [9.17, 15) is 23.1 Å². The molecular formula is C25H29F3N2O4. The number of aliphatic hydroxyl groups excluding tert-OH is 1. The average molecular weight is 479 g/mol. The van der Waals surface area contributed by atoms with Crippen molar-refractivity contribution in [2.45, 2.75) is 56.7 Å². The lowest BCUT2D eigenvalue weighted by atomic mass is 9.99. The maximum absolute atomic E-state index is 13.7. The van der Waals surface area contributed by atoms with Gasteiger partial charge < -0.3 is 24.8 Å². The summed E-state index contributed by atoms with van der Waals surface area (Å²) >= 11 is 0. The van der Waals surface area contributed by atoms with Gasteiger partial charge in [0.1, 0.15) is 18.5 Å². The molecule has 1 aliphatic heterocycles. The quantitative estimate of drug-likeness (QED) is 0.548. The van der Waals surface area contributed by atoms with Gasteiger partial charge in [0.25, 0.3) is 0 Å². The fraction of sp³-hybridized carbons (Fsp3) is 0.480. The van der Waals surface area contributed by atoms with Gasteiger partial charge in [0.2, 0.25) is 0 Å². The van der Waals surface area contributed by atoms with Crippen molar-refractivity contribution < 1.29 is 32.5 Å². The normalized spacial score (nSPS) is 18.4. The Labute approximate surface area is 196 Å². The first-order valence-electron chi connectivity index (χ1n) is 11.5. The number of hydrogen-bond acceptors (Lipinski definition) is 5. The molecule has 1 saturated carbocycles. The molecule has 2 atom stereocenters. The minimum atomic E-state index is -4.63. The molecule has 1 amide bonds. The molecule has 34 heavy (non-hydrogen) atoms. The molecule has 2 aromatic carbocycles. The summed E-state index contributed by atoms with van der Waals surface area (Å²) in [6.07, 6.45) is -3.48. The molecule has 1 aliphatic carbocycles. The molecule has 0 radical (unpaired) electrons. The van der Waals surface area contributed by atoms with Crippen LogP contribution in [0.25, 0.3) is 0 Å². The number of halogens is 3. The third-order valence-electron chi connectivity index (χ3n) is 6.02. The van der Waals surface area contributed by atoms with Crippen LogP contribution in [0.2, 0.25) is 0 Å². The van der Waals surface area contributed by atoms with Gasteiger partial charge in [-0.3, -0.25) is 0 Å². The van der Waals surface area contributed by atoms with E-state index < -0.39 is 30.0 Å². The average Bonchev–Trinajstić information content (AvgIpc) is 3.48. The van der Waals surface area contributed by atoms with Gasteiger partial charge in [0, 0.05) is 6.54 Å². The molecule has 1 heterocycles. The first-order chi connectivity index (χ1) is 16.3. The smallest absolute Gasteiger partial charge is 0.419 e. The summed E-state index contributed by atoms with van der Waals surface area (Å²) in [4.78, 5) is 14.6. The number of aliphatic hydroxyl groups is 1. The zero-order valence-corrected chi connectivity index (χ0v) is 18.8. The number of alkyl halides is 3. The van der Waals surface area contributed by atoms with Crippen molar-refractivity contribution >= 4 is 6.09 Å². The van der Waals surface area contributed by atoms with Gasteiger partial charge in [-0.2, -0.15) is 13.2 Å². The van der Waals surface area contributed by atoms with Crippen LogP contribution in [0.4, 0.5) is 18.0 Å². The van der Waals surface area contributed by atoms with E-state index in [4.69, 9.17) is 9.47 Å². The highest BCUT2D eigenvalue weighted by atomic mass is 19.4. The fourth-order valence-corrected chi connectivity index (χ4v) is 4.04. The SMILES string of the molecule is O=C(N[C@H](CN1CCCC1)C(O)c1ccc(OC2CC2)c(C(F)(F)F)c1)OCc1ccccc1. The van der Waals surface area contributed by atoms with Gasteiger partial charge in [-0.05, 0) is 62.0 Å². The number of carbonyl (C=O) groups excluding carboxylic acids is 1. The molecule has 0 spiro atoms. The lowest BCUT2D eigenvalue weighted by molar-refractivity contribution is -0.139. The Morgan fingerprint density at radius 2 is 1.82 bits per heavy atom. The van der Waals surface area contributed by atoms with Crippen LogP contribution in [-0.4, -0.2) is 47.9 Å². The van der Waals surface area contributed by atoms with Crippen LogP contribution >= 0.6 is 0 Å². The van der Waals surface area contributed by atoms with E-state index in [2.05, 4.69) is 10.2 Å². The van der Waals surface area contributed by atoms with Crippen LogP contribution in [0.15, 0.2) is 48.5 Å². The van der Waals surface area contributed by atoms with Crippen LogP contribution in [0.1, 0.15) is 48.5 Å². The number of benzene rings is 2. The molecule has 0 bridgehead atoms. The van der Waals surface area contributed by atoms with E-state index in [1.807, 2.05) is 30.3 Å². The van der Waals surface area contributed by atoms with E-state index in [1.165, 1.54) is 12.1 Å². The Kier molecular flexibility index (Phi) is 7.63. The van der Waals surface area contributed by atoms with E-state index in [1.54, 1.807) is 0 Å². The number of ether oxygens (including phenoxy) is 2. The van der Waals surface area contributed by atoms with E-state index in [0.717, 1.165) is 50.4 Å². The zero-order valence-electron chi connectivity index (χ0n) is 18.8. The van der Waals surface area contributed by atoms with Crippen LogP contribution in [0.3, 0.4) is 0 Å². The number of likely N-dealkylation sites (tertiary alicyclic amines) is 1. The number of amides is 1. The standard InChI is InChI=1S/C25H29F3N2O4/c26-25(27,28)20-14-18(8-11-22(20)34-19-9-10-19)23(31)21(15-30-12-4-5-13-30)29-24(32)33-16-17-6-2-1-3-7-17/h1-3,6-8,11,14,19,21,23,31H,4-5,9-10,12-13,15-16H2,(H,29,32)/t21-,23?/m1/s1. The number of nitrogens with one attached hydrogen (secondary N) is 1. The molecule has 4 rings (SSSR count). The molecular weight excluding hydrogens is 449 g/mol. The highest BCUT2D eigenvalue weighted by molar-refractivity contribution is 5.67. The Hall–Kier alpha value is -2.78. The van der Waals surface area contributed by atoms with Gasteiger partial charge in [0.05, 0.1) is 17.7 Å². The Balaban J connectivity index is 1.49. The van der Waals surface area contributed by atoms with E-state index in [0.29, 0.717) is 6.54 Å². The van der Waals surface area contributed by atoms with Gasteiger partial charge >= 0.3 is 12.3 Å². The van der Waals surface area contributed by atoms with Crippen LogP contribution in [0.5, 0.6) is 5.75 Å². The second-order valence-corrected chi connectivity index (χ2v) is 8.84. The number of carbonyl (C=O) groups is 1. The number of hydrogen-bond donors (Lipinski definition) is 2. The van der Waals surface area contributed by atoms with Gasteiger partial charge in [-0.15, -0.1) is 0 Å². The van der Waals surface area contributed by atoms with Crippen molar-refractivity contribution in [2.24, 2.45) is 0 Å². The molecule has 2 aromatic rings. The van der Waals surface area contributed by atoms with Crippen molar-refractivity contribution in [3.8, 4) is 5.75 Å². The predicted molar refractivity (Wildman–Crippen MR) is 119 cm³/mol. The highest BCUT2D eigenvalue weighted by Gasteiger charge is 2.38. The minimum Gasteiger partial charge on any atom is -0.490 e. The summed E-state index contributed by atoms with van der Waals surface area (Å²) < 4.78 is 51.8. The summed E-state index contributed by atoms with van der Waals surface area (Å²) in [5, 5.41) is 13.7. The maximum Gasteiger partial charge on any atom is 0.419 e. The molecule has 2 fully saturated rings. The molecule has 184 valence electrons. The van der Waals surface area contributed by atoms with Gasteiger partial charge in [-0.1, -0.05) is 36.4 Å².